The van der Waals surface area contributed by atoms with E-state index in [9.17, 15) is 26.4 Å². The molecule has 2 aromatic carbocycles. The lowest BCUT2D eigenvalue weighted by Gasteiger charge is -2.12. The summed E-state index contributed by atoms with van der Waals surface area (Å²) in [6.07, 6.45) is -1.12. The lowest BCUT2D eigenvalue weighted by molar-refractivity contribution is -0.137. The fraction of sp³-hybridized carbons (Fsp3) is 0.111. The van der Waals surface area contributed by atoms with Crippen LogP contribution in [0.15, 0.2) is 83.2 Å². The molecule has 0 unspecified atom stereocenters. The fourth-order valence-corrected chi connectivity index (χ4v) is 5.31. The van der Waals surface area contributed by atoms with E-state index in [0.717, 1.165) is 22.6 Å². The Morgan fingerprint density at radius 2 is 1.72 bits per heavy atom. The number of ketones is 1. The molecule has 2 aromatic heterocycles. The number of carbonyl (C=O) groups is 1. The number of allylic oxidation sites excluding steroid dienone is 1. The van der Waals surface area contributed by atoms with Gasteiger partial charge < -0.3 is 9.47 Å². The molecular weight excluding hydrogens is 553 g/mol. The average Bonchev–Trinajstić information content (AvgIpc) is 3.46. The minimum atomic E-state index is -4.59. The van der Waals surface area contributed by atoms with E-state index < -0.39 is 21.8 Å². The van der Waals surface area contributed by atoms with Crippen molar-refractivity contribution in [2.24, 2.45) is 0 Å². The Kier molecular flexibility index (Phi) is 8.07. The van der Waals surface area contributed by atoms with E-state index in [1.165, 1.54) is 48.8 Å². The summed E-state index contributed by atoms with van der Waals surface area (Å²) in [5.41, 5.74) is 0.702. The lowest BCUT2D eigenvalue weighted by Crippen LogP contribution is -2.14. The predicted octanol–water partition coefficient (Wildman–Crippen LogP) is 6.54. The Balaban J connectivity index is 1.51. The number of nitrogens with one attached hydrogen (secondary N) is 1. The summed E-state index contributed by atoms with van der Waals surface area (Å²) < 4.78 is 76.4. The summed E-state index contributed by atoms with van der Waals surface area (Å²) in [5, 5.41) is 1.94. The zero-order valence-corrected chi connectivity index (χ0v) is 22.2. The highest BCUT2D eigenvalue weighted by atomic mass is 32.2. The molecule has 4 rings (SSSR count). The maximum Gasteiger partial charge on any atom is 0.417 e. The Morgan fingerprint density at radius 1 is 1.00 bits per heavy atom. The van der Waals surface area contributed by atoms with Crippen LogP contribution in [0.25, 0.3) is 16.5 Å². The second-order valence-electron chi connectivity index (χ2n) is 8.03. The van der Waals surface area contributed by atoms with Gasteiger partial charge in [-0.1, -0.05) is 6.07 Å². The van der Waals surface area contributed by atoms with Crippen molar-refractivity contribution in [2.45, 2.75) is 11.1 Å². The van der Waals surface area contributed by atoms with Gasteiger partial charge in [-0.25, -0.2) is 13.4 Å². The number of aromatic nitrogens is 1. The molecule has 2 heterocycles. The second-order valence-corrected chi connectivity index (χ2v) is 10.7. The number of benzene rings is 2. The van der Waals surface area contributed by atoms with Crippen molar-refractivity contribution in [3.63, 3.8) is 0 Å². The smallest absolute Gasteiger partial charge is 0.417 e. The van der Waals surface area contributed by atoms with Gasteiger partial charge in [0.25, 0.3) is 10.0 Å². The van der Waals surface area contributed by atoms with Crippen LogP contribution in [0, 0.1) is 0 Å². The zero-order chi connectivity index (χ0) is 28.2. The van der Waals surface area contributed by atoms with Gasteiger partial charge in [0.2, 0.25) is 0 Å². The maximum absolute atomic E-state index is 12.8. The number of hydrogen-bond acceptors (Lipinski definition) is 7. The number of halogens is 3. The summed E-state index contributed by atoms with van der Waals surface area (Å²) in [4.78, 5) is 17.1. The monoisotopic (exact) mass is 574 g/mol. The average molecular weight is 575 g/mol. The molecule has 4 aromatic rings. The van der Waals surface area contributed by atoms with Crippen LogP contribution in [0.2, 0.25) is 0 Å². The van der Waals surface area contributed by atoms with Gasteiger partial charge in [0.1, 0.15) is 17.3 Å². The number of rotatable bonds is 9. The number of sulfonamides is 1. The predicted molar refractivity (Wildman–Crippen MR) is 143 cm³/mol. The molecule has 12 heteroatoms. The molecule has 0 aliphatic carbocycles. The van der Waals surface area contributed by atoms with Crippen LogP contribution in [-0.4, -0.2) is 33.4 Å². The maximum atomic E-state index is 12.8. The largest absolute Gasteiger partial charge is 0.496 e. The molecule has 7 nitrogen and oxygen atoms in total. The number of carbonyl (C=O) groups excluding carboxylic acids is 1. The quantitative estimate of drug-likeness (QED) is 0.180. The third kappa shape index (κ3) is 6.47. The van der Waals surface area contributed by atoms with Crippen LogP contribution in [0.5, 0.6) is 11.5 Å². The standard InChI is InChI=1S/C27H21F3N2O5S2/c1-36-23-15-24(37-2)21(25-4-3-13-38-25)14-18(23)7-11-22(33)17-5-9-20(10-6-17)39(34,35)32-26-12-8-19(16-31-26)27(28,29)30/h3-16H,1-2H3,(H,31,32). The molecular formula is C27H21F3N2O5S2. The molecule has 0 fully saturated rings. The van der Waals surface area contributed by atoms with Gasteiger partial charge in [-0.2, -0.15) is 13.2 Å². The first-order valence-corrected chi connectivity index (χ1v) is 13.6. The van der Waals surface area contributed by atoms with Gasteiger partial charge in [-0.15, -0.1) is 11.3 Å². The molecule has 0 aliphatic heterocycles. The van der Waals surface area contributed by atoms with E-state index in [-0.39, 0.29) is 22.1 Å². The third-order valence-corrected chi connectivity index (χ3v) is 7.81. The lowest BCUT2D eigenvalue weighted by atomic mass is 10.0. The number of ether oxygens (including phenoxy) is 2. The number of methoxy groups -OCH3 is 2. The van der Waals surface area contributed by atoms with E-state index in [1.807, 2.05) is 23.6 Å². The van der Waals surface area contributed by atoms with Crippen molar-refractivity contribution in [2.75, 3.05) is 18.9 Å². The zero-order valence-electron chi connectivity index (χ0n) is 20.5. The summed E-state index contributed by atoms with van der Waals surface area (Å²) >= 11 is 1.54. The first-order chi connectivity index (χ1) is 18.5. The van der Waals surface area contributed by atoms with Gasteiger partial charge >= 0.3 is 6.18 Å². The normalized spacial score (nSPS) is 11.9. The molecule has 0 amide bonds. The van der Waals surface area contributed by atoms with Crippen molar-refractivity contribution in [3.05, 3.63) is 95.0 Å². The molecule has 0 radical (unpaired) electrons. The minimum Gasteiger partial charge on any atom is -0.496 e. The highest BCUT2D eigenvalue weighted by Crippen LogP contribution is 2.38. The van der Waals surface area contributed by atoms with Crippen molar-refractivity contribution >= 4 is 39.0 Å². The molecule has 0 saturated carbocycles. The Hall–Kier alpha value is -4.16. The minimum absolute atomic E-state index is 0.192. The molecule has 0 bridgehead atoms. The summed E-state index contributed by atoms with van der Waals surface area (Å²) in [5.74, 6) is 0.462. The number of thiophene rings is 1. The second kappa shape index (κ2) is 11.3. The number of nitrogens with zero attached hydrogens (tertiary/aromatic N) is 1. The molecule has 0 atom stereocenters. The van der Waals surface area contributed by atoms with Crippen LogP contribution in [0.1, 0.15) is 21.5 Å². The van der Waals surface area contributed by atoms with Crippen molar-refractivity contribution in [1.82, 2.24) is 4.98 Å². The molecule has 0 spiro atoms. The molecule has 202 valence electrons. The highest BCUT2D eigenvalue weighted by molar-refractivity contribution is 7.92. The fourth-order valence-electron chi connectivity index (χ4n) is 3.56. The Morgan fingerprint density at radius 3 is 2.28 bits per heavy atom. The van der Waals surface area contributed by atoms with Crippen LogP contribution in [0.4, 0.5) is 19.0 Å². The van der Waals surface area contributed by atoms with E-state index in [1.54, 1.807) is 19.3 Å². The van der Waals surface area contributed by atoms with Crippen LogP contribution in [0.3, 0.4) is 0 Å². The van der Waals surface area contributed by atoms with E-state index >= 15 is 0 Å². The summed E-state index contributed by atoms with van der Waals surface area (Å²) in [6.45, 7) is 0. The number of anilines is 1. The topological polar surface area (TPSA) is 94.6 Å². The van der Waals surface area contributed by atoms with Crippen LogP contribution >= 0.6 is 11.3 Å². The molecule has 39 heavy (non-hydrogen) atoms. The van der Waals surface area contributed by atoms with Crippen LogP contribution in [-0.2, 0) is 16.2 Å². The van der Waals surface area contributed by atoms with Gasteiger partial charge in [0, 0.05) is 33.8 Å². The number of pyridine rings is 1. The van der Waals surface area contributed by atoms with Gasteiger partial charge in [0.15, 0.2) is 5.78 Å². The first-order valence-electron chi connectivity index (χ1n) is 11.2. The first kappa shape index (κ1) is 27.9. The Bertz CT molecular complexity index is 1600. The summed E-state index contributed by atoms with van der Waals surface area (Å²) in [7, 11) is -1.09. The van der Waals surface area contributed by atoms with Gasteiger partial charge in [-0.05, 0) is 66.1 Å². The van der Waals surface area contributed by atoms with E-state index in [2.05, 4.69) is 9.71 Å². The van der Waals surface area contributed by atoms with E-state index in [0.29, 0.717) is 23.3 Å². The van der Waals surface area contributed by atoms with Crippen molar-refractivity contribution in [1.29, 1.82) is 0 Å². The third-order valence-electron chi connectivity index (χ3n) is 5.53. The van der Waals surface area contributed by atoms with Crippen LogP contribution < -0.4 is 14.2 Å². The highest BCUT2D eigenvalue weighted by Gasteiger charge is 2.30. The number of hydrogen-bond donors (Lipinski definition) is 1. The van der Waals surface area contributed by atoms with E-state index in [4.69, 9.17) is 9.47 Å². The summed E-state index contributed by atoms with van der Waals surface area (Å²) in [6, 6.07) is 14.2. The Labute approximate surface area is 226 Å². The molecule has 1 N–H and O–H groups in total. The number of alkyl halides is 3. The van der Waals surface area contributed by atoms with Crippen molar-refractivity contribution in [3.8, 4) is 21.9 Å². The SMILES string of the molecule is COc1cc(OC)c(-c2cccs2)cc1C=CC(=O)c1ccc(S(=O)(=O)Nc2ccc(C(F)(F)F)cn2)cc1. The van der Waals surface area contributed by atoms with Gasteiger partial charge in [0.05, 0.1) is 24.7 Å². The molecule has 0 aliphatic rings. The van der Waals surface area contributed by atoms with Crippen molar-refractivity contribution < 1.29 is 35.9 Å². The molecule has 0 saturated heterocycles. The van der Waals surface area contributed by atoms with Gasteiger partial charge in [-0.3, -0.25) is 9.52 Å².